The Kier molecular flexibility index (Phi) is 6.37. The number of pyridine rings is 1. The van der Waals surface area contributed by atoms with Crippen molar-refractivity contribution in [2.45, 2.75) is 25.9 Å². The largest absolute Gasteiger partial charge is 0.465 e. The molecule has 7 heteroatoms. The van der Waals surface area contributed by atoms with Crippen molar-refractivity contribution < 1.29 is 14.3 Å². The number of ether oxygens (including phenoxy) is 1. The van der Waals surface area contributed by atoms with E-state index in [0.29, 0.717) is 5.56 Å². The van der Waals surface area contributed by atoms with Gasteiger partial charge in [0.2, 0.25) is 5.91 Å². The number of methoxy groups -OCH3 is 1. The average Bonchev–Trinajstić information content (AvgIpc) is 2.83. The van der Waals surface area contributed by atoms with Gasteiger partial charge in [0.15, 0.2) is 0 Å². The van der Waals surface area contributed by atoms with Gasteiger partial charge in [0.05, 0.1) is 29.9 Å². The Bertz CT molecular complexity index is 1110. The van der Waals surface area contributed by atoms with Gasteiger partial charge in [0, 0.05) is 42.9 Å². The Labute approximate surface area is 188 Å². The fraction of sp³-hybridized carbons (Fsp3) is 0.320. The molecule has 32 heavy (non-hydrogen) atoms. The Morgan fingerprint density at radius 2 is 1.88 bits per heavy atom. The van der Waals surface area contributed by atoms with Crippen LogP contribution in [0.4, 0.5) is 11.4 Å². The van der Waals surface area contributed by atoms with Crippen LogP contribution >= 0.6 is 0 Å². The highest BCUT2D eigenvalue weighted by Crippen LogP contribution is 2.24. The van der Waals surface area contributed by atoms with E-state index < -0.39 is 0 Å². The quantitative estimate of drug-likeness (QED) is 0.622. The molecule has 0 bridgehead atoms. The number of nitrogens with zero attached hydrogens (tertiary/aromatic N) is 3. The lowest BCUT2D eigenvalue weighted by molar-refractivity contribution is -0.121. The van der Waals surface area contributed by atoms with Crippen molar-refractivity contribution >= 4 is 34.2 Å². The van der Waals surface area contributed by atoms with E-state index in [1.165, 1.54) is 7.11 Å². The molecule has 0 saturated carbocycles. The number of amides is 1. The molecule has 1 amide bonds. The second-order valence-electron chi connectivity index (χ2n) is 8.11. The van der Waals surface area contributed by atoms with Crippen LogP contribution in [-0.4, -0.2) is 60.6 Å². The lowest BCUT2D eigenvalue weighted by Gasteiger charge is -2.43. The number of rotatable bonds is 5. The molecule has 2 unspecified atom stereocenters. The third-order valence-corrected chi connectivity index (χ3v) is 6.11. The van der Waals surface area contributed by atoms with Crippen molar-refractivity contribution in [1.82, 2.24) is 9.88 Å². The smallest absolute Gasteiger partial charge is 0.337 e. The van der Waals surface area contributed by atoms with Crippen LogP contribution in [0.1, 0.15) is 24.2 Å². The molecular weight excluding hydrogens is 404 g/mol. The topological polar surface area (TPSA) is 74.8 Å². The predicted molar refractivity (Wildman–Crippen MR) is 126 cm³/mol. The molecule has 1 aliphatic heterocycles. The average molecular weight is 433 g/mol. The monoisotopic (exact) mass is 432 g/mol. The lowest BCUT2D eigenvalue weighted by Crippen LogP contribution is -2.57. The van der Waals surface area contributed by atoms with Crippen molar-refractivity contribution in [2.24, 2.45) is 0 Å². The van der Waals surface area contributed by atoms with E-state index in [4.69, 9.17) is 4.74 Å². The molecule has 166 valence electrons. The maximum Gasteiger partial charge on any atom is 0.337 e. The molecule has 2 aromatic carbocycles. The van der Waals surface area contributed by atoms with Crippen LogP contribution in [0.3, 0.4) is 0 Å². The van der Waals surface area contributed by atoms with E-state index in [9.17, 15) is 9.59 Å². The predicted octanol–water partition coefficient (Wildman–Crippen LogP) is 3.56. The summed E-state index contributed by atoms with van der Waals surface area (Å²) >= 11 is 0. The molecule has 1 N–H and O–H groups in total. The van der Waals surface area contributed by atoms with Crippen molar-refractivity contribution in [3.63, 3.8) is 0 Å². The number of carbonyl (C=O) groups excluding carboxylic acids is 2. The molecule has 1 fully saturated rings. The second kappa shape index (κ2) is 9.36. The molecule has 0 aliphatic carbocycles. The van der Waals surface area contributed by atoms with Gasteiger partial charge >= 0.3 is 5.97 Å². The number of nitrogens with one attached hydrogen (secondary N) is 1. The summed E-state index contributed by atoms with van der Waals surface area (Å²) in [7, 11) is 1.38. The van der Waals surface area contributed by atoms with Gasteiger partial charge < -0.3 is 15.0 Å². The SMILES string of the molecule is COC(=O)c1ccc(N2CCN(C(C)C(=O)Nc3cccc4ncccc34)C(C)C2)cc1. The molecule has 2 heterocycles. The fourth-order valence-corrected chi connectivity index (χ4v) is 4.31. The van der Waals surface area contributed by atoms with E-state index in [1.807, 2.05) is 49.4 Å². The van der Waals surface area contributed by atoms with E-state index in [1.54, 1.807) is 18.3 Å². The van der Waals surface area contributed by atoms with Gasteiger partial charge in [-0.15, -0.1) is 0 Å². The summed E-state index contributed by atoms with van der Waals surface area (Å²) in [5.41, 5.74) is 3.24. The standard InChI is InChI=1S/C25H28N4O3/c1-17-16-28(20-11-9-19(10-12-20)25(31)32-3)14-15-29(17)18(2)24(30)27-23-8-4-7-22-21(23)6-5-13-26-22/h4-13,17-18H,14-16H2,1-3H3,(H,27,30). The summed E-state index contributed by atoms with van der Waals surface area (Å²) in [5, 5.41) is 4.02. The van der Waals surface area contributed by atoms with Crippen LogP contribution in [0.25, 0.3) is 10.9 Å². The highest BCUT2D eigenvalue weighted by atomic mass is 16.5. The molecule has 0 spiro atoms. The number of aromatic nitrogens is 1. The van der Waals surface area contributed by atoms with Crippen molar-refractivity contribution in [3.8, 4) is 0 Å². The van der Waals surface area contributed by atoms with Crippen LogP contribution in [0, 0.1) is 0 Å². The minimum Gasteiger partial charge on any atom is -0.465 e. The van der Waals surface area contributed by atoms with Gasteiger partial charge in [0.1, 0.15) is 0 Å². The van der Waals surface area contributed by atoms with Gasteiger partial charge in [-0.2, -0.15) is 0 Å². The van der Waals surface area contributed by atoms with Crippen LogP contribution in [0.2, 0.25) is 0 Å². The number of hydrogen-bond donors (Lipinski definition) is 1. The summed E-state index contributed by atoms with van der Waals surface area (Å²) in [4.78, 5) is 33.6. The highest BCUT2D eigenvalue weighted by molar-refractivity contribution is 6.02. The maximum atomic E-state index is 13.1. The molecule has 7 nitrogen and oxygen atoms in total. The van der Waals surface area contributed by atoms with E-state index >= 15 is 0 Å². The Balaban J connectivity index is 1.40. The third-order valence-electron chi connectivity index (χ3n) is 6.11. The summed E-state index contributed by atoms with van der Waals surface area (Å²) in [6.45, 7) is 6.47. The van der Waals surface area contributed by atoms with Crippen LogP contribution in [-0.2, 0) is 9.53 Å². The Morgan fingerprint density at radius 1 is 1.09 bits per heavy atom. The lowest BCUT2D eigenvalue weighted by atomic mass is 10.1. The second-order valence-corrected chi connectivity index (χ2v) is 8.11. The molecule has 3 aromatic rings. The molecule has 0 radical (unpaired) electrons. The minimum absolute atomic E-state index is 0.0240. The highest BCUT2D eigenvalue weighted by Gasteiger charge is 2.31. The van der Waals surface area contributed by atoms with Crippen molar-refractivity contribution in [3.05, 3.63) is 66.4 Å². The van der Waals surface area contributed by atoms with Gasteiger partial charge in [-0.1, -0.05) is 6.07 Å². The van der Waals surface area contributed by atoms with Gasteiger partial charge in [0.25, 0.3) is 0 Å². The van der Waals surface area contributed by atoms with Crippen molar-refractivity contribution in [2.75, 3.05) is 37.0 Å². The summed E-state index contributed by atoms with van der Waals surface area (Å²) in [6, 6.07) is 17.0. The number of fused-ring (bicyclic) bond motifs is 1. The van der Waals surface area contributed by atoms with Crippen LogP contribution < -0.4 is 10.2 Å². The van der Waals surface area contributed by atoms with Gasteiger partial charge in [-0.3, -0.25) is 14.7 Å². The van der Waals surface area contributed by atoms with E-state index in [0.717, 1.165) is 41.9 Å². The zero-order chi connectivity index (χ0) is 22.7. The first-order valence-corrected chi connectivity index (χ1v) is 10.8. The molecule has 1 aliphatic rings. The Morgan fingerprint density at radius 3 is 2.59 bits per heavy atom. The van der Waals surface area contributed by atoms with E-state index in [2.05, 4.69) is 27.0 Å². The molecular formula is C25H28N4O3. The van der Waals surface area contributed by atoms with Gasteiger partial charge in [-0.05, 0) is 62.4 Å². The molecule has 4 rings (SSSR count). The molecule has 1 saturated heterocycles. The first-order valence-electron chi connectivity index (χ1n) is 10.8. The zero-order valence-electron chi connectivity index (χ0n) is 18.6. The first-order chi connectivity index (χ1) is 15.5. The summed E-state index contributed by atoms with van der Waals surface area (Å²) in [5.74, 6) is -0.361. The van der Waals surface area contributed by atoms with E-state index in [-0.39, 0.29) is 24.0 Å². The van der Waals surface area contributed by atoms with Gasteiger partial charge in [-0.25, -0.2) is 4.79 Å². The number of benzene rings is 2. The number of hydrogen-bond acceptors (Lipinski definition) is 6. The first kappa shape index (κ1) is 21.8. The van der Waals surface area contributed by atoms with Crippen LogP contribution in [0.15, 0.2) is 60.8 Å². The number of anilines is 2. The summed E-state index contributed by atoms with van der Waals surface area (Å²) in [6.07, 6.45) is 1.75. The third kappa shape index (κ3) is 4.43. The summed E-state index contributed by atoms with van der Waals surface area (Å²) < 4.78 is 4.77. The number of esters is 1. The maximum absolute atomic E-state index is 13.1. The molecule has 1 aromatic heterocycles. The minimum atomic E-state index is -0.337. The Hall–Kier alpha value is -3.45. The zero-order valence-corrected chi connectivity index (χ0v) is 18.6. The fourth-order valence-electron chi connectivity index (χ4n) is 4.31. The van der Waals surface area contributed by atoms with Crippen LogP contribution in [0.5, 0.6) is 0 Å². The molecule has 2 atom stereocenters. The number of carbonyl (C=O) groups is 2. The number of piperazine rings is 1. The normalized spacial score (nSPS) is 17.7. The van der Waals surface area contributed by atoms with Crippen molar-refractivity contribution in [1.29, 1.82) is 0 Å².